The highest BCUT2D eigenvalue weighted by molar-refractivity contribution is 6.13. The predicted molar refractivity (Wildman–Crippen MR) is 95.7 cm³/mol. The first-order valence-corrected chi connectivity index (χ1v) is 7.66. The van der Waals surface area contributed by atoms with E-state index in [1.165, 1.54) is 20.3 Å². The van der Waals surface area contributed by atoms with Gasteiger partial charge in [-0.05, 0) is 29.8 Å². The van der Waals surface area contributed by atoms with Crippen LogP contribution in [0.25, 0.3) is 17.0 Å². The summed E-state index contributed by atoms with van der Waals surface area (Å²) < 4.78 is 21.3. The van der Waals surface area contributed by atoms with Crippen LogP contribution in [-0.2, 0) is 0 Å². The van der Waals surface area contributed by atoms with Gasteiger partial charge in [-0.1, -0.05) is 18.2 Å². The molecule has 128 valence electrons. The van der Waals surface area contributed by atoms with E-state index in [0.29, 0.717) is 22.6 Å². The quantitative estimate of drug-likeness (QED) is 0.494. The fourth-order valence-electron chi connectivity index (χ4n) is 2.63. The van der Waals surface area contributed by atoms with E-state index in [9.17, 15) is 4.79 Å². The number of ketones is 1. The van der Waals surface area contributed by atoms with Gasteiger partial charge in [0.2, 0.25) is 0 Å². The van der Waals surface area contributed by atoms with Crippen LogP contribution in [0.3, 0.4) is 0 Å². The molecule has 0 unspecified atom stereocenters. The minimum Gasteiger partial charge on any atom is -0.497 e. The molecule has 25 heavy (non-hydrogen) atoms. The van der Waals surface area contributed by atoms with E-state index < -0.39 is 0 Å². The number of carbonyl (C=O) groups excluding carboxylic acids is 1. The van der Waals surface area contributed by atoms with Crippen molar-refractivity contribution in [1.29, 1.82) is 0 Å². The molecule has 0 amide bonds. The fraction of sp³-hybridized carbons (Fsp3) is 0.150. The zero-order valence-corrected chi connectivity index (χ0v) is 14.2. The molecule has 5 heteroatoms. The Balaban J connectivity index is 1.99. The Hall–Kier alpha value is -3.21. The van der Waals surface area contributed by atoms with Crippen molar-refractivity contribution < 1.29 is 23.4 Å². The summed E-state index contributed by atoms with van der Waals surface area (Å²) in [4.78, 5) is 12.8. The van der Waals surface area contributed by atoms with Gasteiger partial charge < -0.3 is 18.6 Å². The van der Waals surface area contributed by atoms with Crippen LogP contribution in [0.5, 0.6) is 17.2 Å². The van der Waals surface area contributed by atoms with Gasteiger partial charge in [0, 0.05) is 6.07 Å². The summed E-state index contributed by atoms with van der Waals surface area (Å²) in [6.07, 6.45) is 4.78. The van der Waals surface area contributed by atoms with Crippen LogP contribution >= 0.6 is 0 Å². The van der Waals surface area contributed by atoms with Crippen molar-refractivity contribution in [2.24, 2.45) is 0 Å². The molecule has 1 heterocycles. The van der Waals surface area contributed by atoms with Gasteiger partial charge in [0.1, 0.15) is 28.4 Å². The maximum absolute atomic E-state index is 12.8. The summed E-state index contributed by atoms with van der Waals surface area (Å²) in [6, 6.07) is 10.9. The number of ether oxygens (including phenoxy) is 3. The normalized spacial score (nSPS) is 11.0. The molecule has 0 N–H and O–H groups in total. The van der Waals surface area contributed by atoms with E-state index in [1.807, 2.05) is 24.3 Å². The van der Waals surface area contributed by atoms with Crippen LogP contribution in [0, 0.1) is 0 Å². The van der Waals surface area contributed by atoms with Crippen LogP contribution in [-0.4, -0.2) is 27.1 Å². The number of hydrogen-bond donors (Lipinski definition) is 0. The van der Waals surface area contributed by atoms with Crippen molar-refractivity contribution >= 4 is 22.8 Å². The number of methoxy groups -OCH3 is 3. The van der Waals surface area contributed by atoms with Crippen molar-refractivity contribution in [3.8, 4) is 17.2 Å². The summed E-state index contributed by atoms with van der Waals surface area (Å²) in [5.41, 5.74) is 1.85. The second kappa shape index (κ2) is 7.13. The smallest absolute Gasteiger partial charge is 0.193 e. The molecular weight excluding hydrogens is 320 g/mol. The number of rotatable bonds is 6. The number of hydrogen-bond acceptors (Lipinski definition) is 5. The molecule has 0 atom stereocenters. The lowest BCUT2D eigenvalue weighted by Gasteiger charge is -2.11. The topological polar surface area (TPSA) is 57.9 Å². The molecule has 0 spiro atoms. The van der Waals surface area contributed by atoms with Crippen LogP contribution in [0.1, 0.15) is 15.9 Å². The second-order valence-corrected chi connectivity index (χ2v) is 5.29. The third kappa shape index (κ3) is 3.21. The summed E-state index contributed by atoms with van der Waals surface area (Å²) in [6.45, 7) is 0. The molecule has 0 aliphatic carbocycles. The summed E-state index contributed by atoms with van der Waals surface area (Å²) >= 11 is 0. The lowest BCUT2D eigenvalue weighted by Crippen LogP contribution is -2.03. The number of benzene rings is 2. The molecule has 0 saturated carbocycles. The number of fused-ring (bicyclic) bond motifs is 1. The van der Waals surface area contributed by atoms with Crippen LogP contribution in [0.15, 0.2) is 53.2 Å². The first-order chi connectivity index (χ1) is 12.2. The average molecular weight is 338 g/mol. The standard InChI is InChI=1S/C20H18O5/c1-22-14-7-4-13(5-8-14)6-9-16(21)19-18(23-2)12-17-15(10-11-25-17)20(19)24-3/h4-12H,1-3H3/b9-6-. The average Bonchev–Trinajstić information content (AvgIpc) is 3.13. The lowest BCUT2D eigenvalue weighted by molar-refractivity contribution is 0.104. The summed E-state index contributed by atoms with van der Waals surface area (Å²) in [7, 11) is 4.64. The minimum atomic E-state index is -0.215. The van der Waals surface area contributed by atoms with Crippen molar-refractivity contribution in [2.45, 2.75) is 0 Å². The molecule has 0 radical (unpaired) electrons. The number of carbonyl (C=O) groups is 1. The molecular formula is C20H18O5. The van der Waals surface area contributed by atoms with E-state index in [1.54, 1.807) is 31.6 Å². The Labute approximate surface area is 145 Å². The van der Waals surface area contributed by atoms with Gasteiger partial charge >= 0.3 is 0 Å². The Morgan fingerprint density at radius 2 is 1.76 bits per heavy atom. The third-order valence-corrected chi connectivity index (χ3v) is 3.89. The Morgan fingerprint density at radius 1 is 1.00 bits per heavy atom. The van der Waals surface area contributed by atoms with Crippen molar-refractivity contribution in [1.82, 2.24) is 0 Å². The molecule has 0 saturated heterocycles. The van der Waals surface area contributed by atoms with Gasteiger partial charge in [0.15, 0.2) is 5.78 Å². The van der Waals surface area contributed by atoms with Gasteiger partial charge in [-0.15, -0.1) is 0 Å². The van der Waals surface area contributed by atoms with Gasteiger partial charge in [-0.2, -0.15) is 0 Å². The van der Waals surface area contributed by atoms with Crippen molar-refractivity contribution in [3.05, 3.63) is 59.9 Å². The predicted octanol–water partition coefficient (Wildman–Crippen LogP) is 4.35. The Kier molecular flexibility index (Phi) is 4.75. The molecule has 5 nitrogen and oxygen atoms in total. The first-order valence-electron chi connectivity index (χ1n) is 7.66. The summed E-state index contributed by atoms with van der Waals surface area (Å²) in [5.74, 6) is 1.39. The highest BCUT2D eigenvalue weighted by atomic mass is 16.5. The molecule has 1 aromatic heterocycles. The fourth-order valence-corrected chi connectivity index (χ4v) is 2.63. The van der Waals surface area contributed by atoms with Gasteiger partial charge in [-0.25, -0.2) is 0 Å². The number of furan rings is 1. The molecule has 2 aromatic carbocycles. The number of allylic oxidation sites excluding steroid dienone is 1. The molecule has 0 aliphatic heterocycles. The van der Waals surface area contributed by atoms with E-state index in [-0.39, 0.29) is 5.78 Å². The van der Waals surface area contributed by atoms with Crippen molar-refractivity contribution in [2.75, 3.05) is 21.3 Å². The third-order valence-electron chi connectivity index (χ3n) is 3.89. The Morgan fingerprint density at radius 3 is 2.40 bits per heavy atom. The zero-order valence-electron chi connectivity index (χ0n) is 14.2. The second-order valence-electron chi connectivity index (χ2n) is 5.29. The molecule has 3 aromatic rings. The monoisotopic (exact) mass is 338 g/mol. The Bertz CT molecular complexity index is 919. The van der Waals surface area contributed by atoms with Crippen LogP contribution in [0.4, 0.5) is 0 Å². The summed E-state index contributed by atoms with van der Waals surface area (Å²) in [5, 5.41) is 0.726. The SMILES string of the molecule is COc1ccc(/C=C\C(=O)c2c(OC)cc3occc3c2OC)cc1. The maximum atomic E-state index is 12.8. The van der Waals surface area contributed by atoms with Gasteiger partial charge in [0.05, 0.1) is 33.0 Å². The highest BCUT2D eigenvalue weighted by Crippen LogP contribution is 2.38. The lowest BCUT2D eigenvalue weighted by atomic mass is 10.0. The first kappa shape index (κ1) is 16.6. The largest absolute Gasteiger partial charge is 0.497 e. The molecule has 0 aliphatic rings. The van der Waals surface area contributed by atoms with Gasteiger partial charge in [0.25, 0.3) is 0 Å². The maximum Gasteiger partial charge on any atom is 0.193 e. The molecule has 0 bridgehead atoms. The van der Waals surface area contributed by atoms with Crippen molar-refractivity contribution in [3.63, 3.8) is 0 Å². The van der Waals surface area contributed by atoms with E-state index in [2.05, 4.69) is 0 Å². The van der Waals surface area contributed by atoms with Gasteiger partial charge in [-0.3, -0.25) is 4.79 Å². The van der Waals surface area contributed by atoms with E-state index >= 15 is 0 Å². The van der Waals surface area contributed by atoms with Crippen LogP contribution in [0.2, 0.25) is 0 Å². The molecule has 3 rings (SSSR count). The zero-order chi connectivity index (χ0) is 17.8. The van der Waals surface area contributed by atoms with E-state index in [0.717, 1.165) is 16.7 Å². The van der Waals surface area contributed by atoms with Crippen LogP contribution < -0.4 is 14.2 Å². The minimum absolute atomic E-state index is 0.215. The highest BCUT2D eigenvalue weighted by Gasteiger charge is 2.21. The van der Waals surface area contributed by atoms with E-state index in [4.69, 9.17) is 18.6 Å². The molecule has 0 fully saturated rings.